The molecule has 0 atom stereocenters. The summed E-state index contributed by atoms with van der Waals surface area (Å²) in [7, 11) is 0. The number of amides is 1. The summed E-state index contributed by atoms with van der Waals surface area (Å²) in [6.45, 7) is 8.84. The number of esters is 1. The molecule has 0 aliphatic rings. The van der Waals surface area contributed by atoms with Gasteiger partial charge in [0, 0.05) is 19.6 Å². The first-order valence-electron chi connectivity index (χ1n) is 5.97. The highest BCUT2D eigenvalue weighted by atomic mass is 16.5. The van der Waals surface area contributed by atoms with Gasteiger partial charge in [-0.05, 0) is 27.7 Å². The second-order valence-corrected chi connectivity index (χ2v) is 4.27. The van der Waals surface area contributed by atoms with Gasteiger partial charge in [0.2, 0.25) is 5.91 Å². The highest BCUT2D eigenvalue weighted by Crippen LogP contribution is 2.06. The summed E-state index contributed by atoms with van der Waals surface area (Å²) in [5.41, 5.74) is -0.381. The zero-order chi connectivity index (χ0) is 13.3. The quantitative estimate of drug-likeness (QED) is 0.654. The summed E-state index contributed by atoms with van der Waals surface area (Å²) in [6, 6.07) is 0. The second kappa shape index (κ2) is 8.06. The molecule has 0 aromatic carbocycles. The molecule has 0 rings (SSSR count). The van der Waals surface area contributed by atoms with E-state index in [1.165, 1.54) is 0 Å². The van der Waals surface area contributed by atoms with Gasteiger partial charge in [-0.2, -0.15) is 0 Å². The Hall–Kier alpha value is -1.10. The van der Waals surface area contributed by atoms with Crippen molar-refractivity contribution in [3.63, 3.8) is 0 Å². The predicted octanol–water partition coefficient (Wildman–Crippen LogP) is 1.26. The number of hydrogen-bond donors (Lipinski definition) is 1. The lowest BCUT2D eigenvalue weighted by Crippen LogP contribution is -2.40. The molecular formula is C12H23NO4. The predicted molar refractivity (Wildman–Crippen MR) is 64.6 cm³/mol. The highest BCUT2D eigenvalue weighted by Gasteiger charge is 2.18. The van der Waals surface area contributed by atoms with Crippen molar-refractivity contribution in [3.8, 4) is 0 Å². The first kappa shape index (κ1) is 15.9. The molecule has 5 nitrogen and oxygen atoms in total. The molecule has 0 aromatic rings. The van der Waals surface area contributed by atoms with Crippen LogP contribution in [0.2, 0.25) is 0 Å². The molecule has 5 heteroatoms. The molecule has 0 aromatic heterocycles. The van der Waals surface area contributed by atoms with Gasteiger partial charge in [-0.3, -0.25) is 9.59 Å². The van der Waals surface area contributed by atoms with Crippen LogP contribution in [0, 0.1) is 0 Å². The summed E-state index contributed by atoms with van der Waals surface area (Å²) < 4.78 is 10.2. The molecule has 0 radical (unpaired) electrons. The van der Waals surface area contributed by atoms with Gasteiger partial charge < -0.3 is 14.8 Å². The van der Waals surface area contributed by atoms with E-state index in [9.17, 15) is 9.59 Å². The van der Waals surface area contributed by atoms with E-state index in [0.29, 0.717) is 19.8 Å². The molecule has 0 unspecified atom stereocenters. The van der Waals surface area contributed by atoms with Gasteiger partial charge in [0.25, 0.3) is 0 Å². The first-order valence-corrected chi connectivity index (χ1v) is 5.97. The van der Waals surface area contributed by atoms with Crippen molar-refractivity contribution in [2.24, 2.45) is 0 Å². The minimum atomic E-state index is -0.381. The van der Waals surface area contributed by atoms with Gasteiger partial charge >= 0.3 is 5.97 Å². The summed E-state index contributed by atoms with van der Waals surface area (Å²) in [5.74, 6) is -0.502. The molecule has 0 spiro atoms. The van der Waals surface area contributed by atoms with Crippen LogP contribution < -0.4 is 5.32 Å². The average molecular weight is 245 g/mol. The Labute approximate surface area is 103 Å². The first-order chi connectivity index (χ1) is 7.91. The van der Waals surface area contributed by atoms with Crippen LogP contribution in [0.15, 0.2) is 0 Å². The summed E-state index contributed by atoms with van der Waals surface area (Å²) in [4.78, 5) is 22.5. The zero-order valence-electron chi connectivity index (χ0n) is 11.2. The third-order valence-electron chi connectivity index (χ3n) is 2.11. The summed E-state index contributed by atoms with van der Waals surface area (Å²) in [6.07, 6.45) is 0.274. The van der Waals surface area contributed by atoms with E-state index in [-0.39, 0.29) is 30.3 Å². The molecule has 1 N–H and O–H groups in total. The van der Waals surface area contributed by atoms with Crippen molar-refractivity contribution in [1.82, 2.24) is 5.32 Å². The number of nitrogens with one attached hydrogen (secondary N) is 1. The number of hydrogen-bond acceptors (Lipinski definition) is 4. The molecule has 100 valence electrons. The van der Waals surface area contributed by atoms with E-state index < -0.39 is 0 Å². The normalized spacial score (nSPS) is 11.1. The molecule has 0 saturated carbocycles. The molecule has 0 fully saturated rings. The van der Waals surface area contributed by atoms with Crippen LogP contribution in [0.3, 0.4) is 0 Å². The van der Waals surface area contributed by atoms with Crippen LogP contribution in [0.4, 0.5) is 0 Å². The fraction of sp³-hybridized carbons (Fsp3) is 0.833. The van der Waals surface area contributed by atoms with E-state index in [0.717, 1.165) is 0 Å². The largest absolute Gasteiger partial charge is 0.466 e. The number of ether oxygens (including phenoxy) is 2. The lowest BCUT2D eigenvalue weighted by Gasteiger charge is -2.24. The number of carbonyl (C=O) groups excluding carboxylic acids is 2. The minimum absolute atomic E-state index is 0.120. The van der Waals surface area contributed by atoms with E-state index in [2.05, 4.69) is 5.32 Å². The van der Waals surface area contributed by atoms with Crippen LogP contribution in [0.25, 0.3) is 0 Å². The molecule has 17 heavy (non-hydrogen) atoms. The standard InChI is InChI=1S/C12H23NO4/c1-5-16-11(15)8-7-10(14)13-9-12(3,4)17-6-2/h5-9H2,1-4H3,(H,13,14). The fourth-order valence-electron chi connectivity index (χ4n) is 1.29. The molecule has 0 saturated heterocycles. The molecule has 1 amide bonds. The second-order valence-electron chi connectivity index (χ2n) is 4.27. The SMILES string of the molecule is CCOC(=O)CCC(=O)NCC(C)(C)OCC. The maximum Gasteiger partial charge on any atom is 0.306 e. The summed E-state index contributed by atoms with van der Waals surface area (Å²) in [5, 5.41) is 2.73. The van der Waals surface area contributed by atoms with Crippen LogP contribution in [-0.4, -0.2) is 37.2 Å². The molecule has 0 bridgehead atoms. The van der Waals surface area contributed by atoms with Crippen molar-refractivity contribution in [1.29, 1.82) is 0 Å². The van der Waals surface area contributed by atoms with Gasteiger partial charge in [-0.1, -0.05) is 0 Å². The van der Waals surface area contributed by atoms with Gasteiger partial charge in [-0.15, -0.1) is 0 Å². The Morgan fingerprint density at radius 1 is 1.12 bits per heavy atom. The van der Waals surface area contributed by atoms with Crippen molar-refractivity contribution in [3.05, 3.63) is 0 Å². The maximum atomic E-state index is 11.4. The highest BCUT2D eigenvalue weighted by molar-refractivity contribution is 5.81. The van der Waals surface area contributed by atoms with Crippen LogP contribution in [0.5, 0.6) is 0 Å². The third-order valence-corrected chi connectivity index (χ3v) is 2.11. The Balaban J connectivity index is 3.76. The smallest absolute Gasteiger partial charge is 0.306 e. The van der Waals surface area contributed by atoms with Crippen molar-refractivity contribution in [2.75, 3.05) is 19.8 Å². The maximum absolute atomic E-state index is 11.4. The molecule has 0 aliphatic heterocycles. The van der Waals surface area contributed by atoms with Crippen LogP contribution in [-0.2, 0) is 19.1 Å². The van der Waals surface area contributed by atoms with Crippen LogP contribution in [0.1, 0.15) is 40.5 Å². The topological polar surface area (TPSA) is 64.6 Å². The lowest BCUT2D eigenvalue weighted by atomic mass is 10.1. The Morgan fingerprint density at radius 2 is 1.76 bits per heavy atom. The van der Waals surface area contributed by atoms with Gasteiger partial charge in [0.05, 0.1) is 18.6 Å². The van der Waals surface area contributed by atoms with Gasteiger partial charge in [-0.25, -0.2) is 0 Å². The van der Waals surface area contributed by atoms with E-state index in [1.807, 2.05) is 20.8 Å². The van der Waals surface area contributed by atoms with Crippen molar-refractivity contribution in [2.45, 2.75) is 46.1 Å². The van der Waals surface area contributed by atoms with Crippen molar-refractivity contribution < 1.29 is 19.1 Å². The van der Waals surface area contributed by atoms with Gasteiger partial charge in [0.1, 0.15) is 0 Å². The van der Waals surface area contributed by atoms with E-state index >= 15 is 0 Å². The van der Waals surface area contributed by atoms with Crippen LogP contribution >= 0.6 is 0 Å². The fourth-order valence-corrected chi connectivity index (χ4v) is 1.29. The van der Waals surface area contributed by atoms with E-state index in [4.69, 9.17) is 9.47 Å². The molecule has 0 aliphatic carbocycles. The number of rotatable bonds is 8. The molecular weight excluding hydrogens is 222 g/mol. The van der Waals surface area contributed by atoms with Gasteiger partial charge in [0.15, 0.2) is 0 Å². The Kier molecular flexibility index (Phi) is 7.54. The van der Waals surface area contributed by atoms with Crippen molar-refractivity contribution >= 4 is 11.9 Å². The monoisotopic (exact) mass is 245 g/mol. The number of carbonyl (C=O) groups is 2. The lowest BCUT2D eigenvalue weighted by molar-refractivity contribution is -0.144. The van der Waals surface area contributed by atoms with E-state index in [1.54, 1.807) is 6.92 Å². The average Bonchev–Trinajstić information content (AvgIpc) is 2.24. The zero-order valence-corrected chi connectivity index (χ0v) is 11.2. The minimum Gasteiger partial charge on any atom is -0.466 e. The third kappa shape index (κ3) is 8.68. The summed E-state index contributed by atoms with van der Waals surface area (Å²) >= 11 is 0. The Bertz CT molecular complexity index is 251. The molecule has 0 heterocycles. The Morgan fingerprint density at radius 3 is 2.29 bits per heavy atom.